The molecule has 0 aliphatic carbocycles. The molecule has 0 fully saturated rings. The molecule has 8 heteroatoms. The van der Waals surface area contributed by atoms with Gasteiger partial charge in [0.05, 0.1) is 12.1 Å². The SMILES string of the molecule is Cc1ccc(C)c(NC(=O)Cc2nc(COC(=O)C(C)(C)Oc3ccc(Cl)cc3)cs2)c1. The molecule has 0 aliphatic heterocycles. The number of anilines is 1. The van der Waals surface area contributed by atoms with Gasteiger partial charge in [-0.05, 0) is 69.2 Å². The third-order valence-corrected chi connectivity index (χ3v) is 5.76. The number of thiazole rings is 1. The van der Waals surface area contributed by atoms with Gasteiger partial charge in [0.2, 0.25) is 5.91 Å². The Bertz CT molecular complexity index is 1110. The van der Waals surface area contributed by atoms with Gasteiger partial charge in [0, 0.05) is 16.1 Å². The van der Waals surface area contributed by atoms with Crippen LogP contribution >= 0.6 is 22.9 Å². The van der Waals surface area contributed by atoms with Crippen molar-refractivity contribution in [3.63, 3.8) is 0 Å². The van der Waals surface area contributed by atoms with Gasteiger partial charge >= 0.3 is 5.97 Å². The van der Waals surface area contributed by atoms with Gasteiger partial charge in [0.25, 0.3) is 0 Å². The van der Waals surface area contributed by atoms with Crippen molar-refractivity contribution in [2.24, 2.45) is 0 Å². The average molecular weight is 473 g/mol. The second kappa shape index (κ2) is 10.1. The number of ether oxygens (including phenoxy) is 2. The fourth-order valence-electron chi connectivity index (χ4n) is 2.85. The summed E-state index contributed by atoms with van der Waals surface area (Å²) in [6.45, 7) is 7.19. The first-order chi connectivity index (χ1) is 15.1. The van der Waals surface area contributed by atoms with Crippen LogP contribution in [0.1, 0.15) is 35.7 Å². The Labute approximate surface area is 196 Å². The van der Waals surface area contributed by atoms with Gasteiger partial charge < -0.3 is 14.8 Å². The Morgan fingerprint density at radius 3 is 2.56 bits per heavy atom. The molecule has 1 N–H and O–H groups in total. The molecule has 1 amide bonds. The normalized spacial score (nSPS) is 11.2. The van der Waals surface area contributed by atoms with E-state index in [0.717, 1.165) is 16.8 Å². The van der Waals surface area contributed by atoms with Gasteiger partial charge in [-0.15, -0.1) is 11.3 Å². The summed E-state index contributed by atoms with van der Waals surface area (Å²) in [7, 11) is 0. The maximum atomic E-state index is 12.5. The summed E-state index contributed by atoms with van der Waals surface area (Å²) >= 11 is 7.22. The van der Waals surface area contributed by atoms with Crippen molar-refractivity contribution >= 4 is 40.5 Å². The summed E-state index contributed by atoms with van der Waals surface area (Å²) in [6, 6.07) is 12.7. The van der Waals surface area contributed by atoms with Crippen molar-refractivity contribution in [2.75, 3.05) is 5.32 Å². The monoisotopic (exact) mass is 472 g/mol. The van der Waals surface area contributed by atoms with Crippen LogP contribution in [0.25, 0.3) is 0 Å². The number of esters is 1. The van der Waals surface area contributed by atoms with Gasteiger partial charge in [-0.3, -0.25) is 4.79 Å². The summed E-state index contributed by atoms with van der Waals surface area (Å²) in [5.74, 6) is -0.147. The number of nitrogens with zero attached hydrogens (tertiary/aromatic N) is 1. The van der Waals surface area contributed by atoms with E-state index >= 15 is 0 Å². The van der Waals surface area contributed by atoms with Crippen molar-refractivity contribution in [3.05, 3.63) is 74.7 Å². The number of rotatable bonds is 8. The fourth-order valence-corrected chi connectivity index (χ4v) is 3.75. The molecule has 0 saturated carbocycles. The van der Waals surface area contributed by atoms with Crippen LogP contribution in [-0.4, -0.2) is 22.5 Å². The lowest BCUT2D eigenvalue weighted by Gasteiger charge is -2.24. The predicted octanol–water partition coefficient (Wildman–Crippen LogP) is 5.50. The zero-order valence-corrected chi connectivity index (χ0v) is 20.0. The Morgan fingerprint density at radius 1 is 1.12 bits per heavy atom. The summed E-state index contributed by atoms with van der Waals surface area (Å²) in [6.07, 6.45) is 0.150. The highest BCUT2D eigenvalue weighted by Crippen LogP contribution is 2.23. The quantitative estimate of drug-likeness (QED) is 0.438. The molecule has 0 aliphatic rings. The summed E-state index contributed by atoms with van der Waals surface area (Å²) in [4.78, 5) is 29.3. The van der Waals surface area contributed by atoms with Crippen LogP contribution < -0.4 is 10.1 Å². The van der Waals surface area contributed by atoms with Crippen LogP contribution in [0.4, 0.5) is 5.69 Å². The first-order valence-electron chi connectivity index (χ1n) is 10.0. The number of carbonyl (C=O) groups excluding carboxylic acids is 2. The number of aryl methyl sites for hydroxylation is 2. The van der Waals surface area contributed by atoms with Crippen molar-refractivity contribution < 1.29 is 19.1 Å². The summed E-state index contributed by atoms with van der Waals surface area (Å²) in [5.41, 5.74) is 2.27. The van der Waals surface area contributed by atoms with E-state index in [0.29, 0.717) is 21.5 Å². The van der Waals surface area contributed by atoms with Gasteiger partial charge in [-0.2, -0.15) is 0 Å². The van der Waals surface area contributed by atoms with E-state index in [-0.39, 0.29) is 18.9 Å². The lowest BCUT2D eigenvalue weighted by Crippen LogP contribution is -2.39. The van der Waals surface area contributed by atoms with Crippen molar-refractivity contribution in [1.82, 2.24) is 4.98 Å². The maximum absolute atomic E-state index is 12.5. The number of halogens is 1. The predicted molar refractivity (Wildman–Crippen MR) is 126 cm³/mol. The highest BCUT2D eigenvalue weighted by Gasteiger charge is 2.32. The molecule has 0 atom stereocenters. The van der Waals surface area contributed by atoms with Crippen LogP contribution in [0, 0.1) is 13.8 Å². The molecule has 1 heterocycles. The Hall–Kier alpha value is -2.90. The number of carbonyl (C=O) groups is 2. The van der Waals surface area contributed by atoms with E-state index in [2.05, 4.69) is 10.3 Å². The van der Waals surface area contributed by atoms with E-state index in [1.807, 2.05) is 32.0 Å². The van der Waals surface area contributed by atoms with Crippen LogP contribution in [0.3, 0.4) is 0 Å². The molecule has 32 heavy (non-hydrogen) atoms. The van der Waals surface area contributed by atoms with E-state index in [1.54, 1.807) is 43.5 Å². The molecule has 0 saturated heterocycles. The molecule has 2 aromatic carbocycles. The van der Waals surface area contributed by atoms with E-state index < -0.39 is 11.6 Å². The third-order valence-electron chi connectivity index (χ3n) is 4.61. The van der Waals surface area contributed by atoms with Crippen LogP contribution in [0.15, 0.2) is 47.8 Å². The minimum absolute atomic E-state index is 0.00134. The molecule has 0 radical (unpaired) electrons. The van der Waals surface area contributed by atoms with Crippen molar-refractivity contribution in [2.45, 2.75) is 46.3 Å². The molecule has 1 aromatic heterocycles. The summed E-state index contributed by atoms with van der Waals surface area (Å²) < 4.78 is 11.1. The van der Waals surface area contributed by atoms with Gasteiger partial charge in [0.1, 0.15) is 17.4 Å². The number of aromatic nitrogens is 1. The molecular weight excluding hydrogens is 448 g/mol. The molecule has 3 aromatic rings. The van der Waals surface area contributed by atoms with E-state index in [1.165, 1.54) is 11.3 Å². The van der Waals surface area contributed by atoms with Crippen LogP contribution in [0.5, 0.6) is 5.75 Å². The van der Waals surface area contributed by atoms with Crippen LogP contribution in [0.2, 0.25) is 5.02 Å². The van der Waals surface area contributed by atoms with Crippen molar-refractivity contribution in [1.29, 1.82) is 0 Å². The van der Waals surface area contributed by atoms with Gasteiger partial charge in [0.15, 0.2) is 5.60 Å². The minimum Gasteiger partial charge on any atom is -0.476 e. The number of amides is 1. The minimum atomic E-state index is -1.18. The highest BCUT2D eigenvalue weighted by molar-refractivity contribution is 7.09. The molecule has 168 valence electrons. The molecule has 0 spiro atoms. The van der Waals surface area contributed by atoms with E-state index in [9.17, 15) is 9.59 Å². The average Bonchev–Trinajstić information content (AvgIpc) is 3.17. The first kappa shape index (κ1) is 23.8. The largest absolute Gasteiger partial charge is 0.476 e. The van der Waals surface area contributed by atoms with Crippen LogP contribution in [-0.2, 0) is 27.4 Å². The lowest BCUT2D eigenvalue weighted by molar-refractivity contribution is -0.160. The molecule has 0 bridgehead atoms. The number of nitrogens with one attached hydrogen (secondary N) is 1. The molecule has 0 unspecified atom stereocenters. The molecule has 3 rings (SSSR count). The third kappa shape index (κ3) is 6.55. The molecule has 6 nitrogen and oxygen atoms in total. The number of hydrogen-bond donors (Lipinski definition) is 1. The van der Waals surface area contributed by atoms with Gasteiger partial charge in [-0.1, -0.05) is 23.7 Å². The number of hydrogen-bond acceptors (Lipinski definition) is 6. The molecular formula is C24H25ClN2O4S. The van der Waals surface area contributed by atoms with Crippen molar-refractivity contribution in [3.8, 4) is 5.75 Å². The lowest BCUT2D eigenvalue weighted by atomic mass is 10.1. The fraction of sp³-hybridized carbons (Fsp3) is 0.292. The standard InChI is InChI=1S/C24H25ClN2O4S/c1-15-5-6-16(2)20(11-15)27-21(28)12-22-26-18(14-32-22)13-30-23(29)24(3,4)31-19-9-7-17(25)8-10-19/h5-11,14H,12-13H2,1-4H3,(H,27,28). The zero-order chi connectivity index (χ0) is 23.3. The summed E-state index contributed by atoms with van der Waals surface area (Å²) in [5, 5.41) is 5.93. The first-order valence-corrected chi connectivity index (χ1v) is 11.3. The topological polar surface area (TPSA) is 77.5 Å². The smallest absolute Gasteiger partial charge is 0.350 e. The maximum Gasteiger partial charge on any atom is 0.350 e. The Kier molecular flexibility index (Phi) is 7.53. The van der Waals surface area contributed by atoms with Gasteiger partial charge in [-0.25, -0.2) is 9.78 Å². The highest BCUT2D eigenvalue weighted by atomic mass is 35.5. The van der Waals surface area contributed by atoms with E-state index in [4.69, 9.17) is 21.1 Å². The second-order valence-corrected chi connectivity index (χ2v) is 9.30. The zero-order valence-electron chi connectivity index (χ0n) is 18.4. The Balaban J connectivity index is 1.52. The Morgan fingerprint density at radius 2 is 1.84 bits per heavy atom. The second-order valence-electron chi connectivity index (χ2n) is 7.92. The number of benzene rings is 2.